The Labute approximate surface area is 99.5 Å². The Morgan fingerprint density at radius 2 is 2.20 bits per heavy atom. The number of nitrogens with zero attached hydrogens (tertiary/aromatic N) is 1. The van der Waals surface area contributed by atoms with Gasteiger partial charge in [0.1, 0.15) is 0 Å². The first-order chi connectivity index (χ1) is 7.04. The highest BCUT2D eigenvalue weighted by Gasteiger charge is 2.15. The third kappa shape index (κ3) is 3.28. The number of Topliss-reactive ketones (excluding diaryl/α,β-unsaturated/α-hetero) is 1. The first kappa shape index (κ1) is 12.1. The minimum absolute atomic E-state index is 0.0146. The predicted molar refractivity (Wildman–Crippen MR) is 60.2 cm³/mol. The number of ketones is 1. The second kappa shape index (κ2) is 5.23. The van der Waals surface area contributed by atoms with Gasteiger partial charge in [-0.1, -0.05) is 15.9 Å². The molecule has 15 heavy (non-hydrogen) atoms. The number of hydrogen-bond acceptors (Lipinski definition) is 3. The SMILES string of the molecule is O=C(CCl)Cc1cc(Br)ccc1[N+](=O)[O-]. The average Bonchev–Trinajstić information content (AvgIpc) is 2.17. The van der Waals surface area contributed by atoms with Gasteiger partial charge in [0.25, 0.3) is 5.69 Å². The number of alkyl halides is 1. The van der Waals surface area contributed by atoms with Gasteiger partial charge in [0.15, 0.2) is 5.78 Å². The lowest BCUT2D eigenvalue weighted by molar-refractivity contribution is -0.385. The number of carbonyl (C=O) groups is 1. The number of nitro benzene ring substituents is 1. The predicted octanol–water partition coefficient (Wildman–Crippen LogP) is 2.71. The van der Waals surface area contributed by atoms with Crippen LogP contribution in [0.4, 0.5) is 5.69 Å². The maximum Gasteiger partial charge on any atom is 0.273 e. The van der Waals surface area contributed by atoms with Crippen molar-refractivity contribution in [2.75, 3.05) is 5.88 Å². The van der Waals surface area contributed by atoms with Crippen LogP contribution in [-0.4, -0.2) is 16.6 Å². The largest absolute Gasteiger partial charge is 0.298 e. The Bertz CT molecular complexity index is 408. The summed E-state index contributed by atoms with van der Waals surface area (Å²) in [6.07, 6.45) is -0.0146. The van der Waals surface area contributed by atoms with Crippen molar-refractivity contribution in [1.82, 2.24) is 0 Å². The topological polar surface area (TPSA) is 60.2 Å². The van der Waals surface area contributed by atoms with Crippen LogP contribution in [0.3, 0.4) is 0 Å². The lowest BCUT2D eigenvalue weighted by Gasteiger charge is -2.01. The van der Waals surface area contributed by atoms with Gasteiger partial charge in [-0.2, -0.15) is 0 Å². The molecule has 0 spiro atoms. The molecule has 0 saturated carbocycles. The number of halogens is 2. The fourth-order valence-corrected chi connectivity index (χ4v) is 1.64. The molecule has 0 atom stereocenters. The van der Waals surface area contributed by atoms with Crippen molar-refractivity contribution in [3.8, 4) is 0 Å². The van der Waals surface area contributed by atoms with Crippen molar-refractivity contribution < 1.29 is 9.72 Å². The summed E-state index contributed by atoms with van der Waals surface area (Å²) in [6.45, 7) is 0. The number of rotatable bonds is 4. The van der Waals surface area contributed by atoms with E-state index in [0.717, 1.165) is 0 Å². The molecule has 0 aliphatic heterocycles. The van der Waals surface area contributed by atoms with Crippen LogP contribution in [0.5, 0.6) is 0 Å². The van der Waals surface area contributed by atoms with E-state index in [0.29, 0.717) is 10.0 Å². The Balaban J connectivity index is 3.07. The molecule has 0 radical (unpaired) electrons. The molecule has 0 N–H and O–H groups in total. The minimum Gasteiger partial charge on any atom is -0.298 e. The van der Waals surface area contributed by atoms with E-state index in [1.165, 1.54) is 6.07 Å². The third-order valence-corrected chi connectivity index (χ3v) is 2.57. The van der Waals surface area contributed by atoms with Crippen LogP contribution in [0.15, 0.2) is 22.7 Å². The third-order valence-electron chi connectivity index (χ3n) is 1.77. The van der Waals surface area contributed by atoms with Crippen LogP contribution in [0.2, 0.25) is 0 Å². The second-order valence-corrected chi connectivity index (χ2v) is 4.06. The van der Waals surface area contributed by atoms with E-state index in [1.807, 2.05) is 0 Å². The van der Waals surface area contributed by atoms with E-state index < -0.39 is 4.92 Å². The van der Waals surface area contributed by atoms with E-state index in [-0.39, 0.29) is 23.8 Å². The van der Waals surface area contributed by atoms with Crippen molar-refractivity contribution >= 4 is 39.0 Å². The molecule has 80 valence electrons. The van der Waals surface area contributed by atoms with Crippen LogP contribution < -0.4 is 0 Å². The van der Waals surface area contributed by atoms with Gasteiger partial charge >= 0.3 is 0 Å². The fraction of sp³-hybridized carbons (Fsp3) is 0.222. The normalized spacial score (nSPS) is 10.0. The molecule has 6 heteroatoms. The lowest BCUT2D eigenvalue weighted by atomic mass is 10.1. The fourth-order valence-electron chi connectivity index (χ4n) is 1.13. The molecular weight excluding hydrogens is 285 g/mol. The lowest BCUT2D eigenvalue weighted by Crippen LogP contribution is -2.06. The summed E-state index contributed by atoms with van der Waals surface area (Å²) in [6, 6.07) is 4.48. The quantitative estimate of drug-likeness (QED) is 0.487. The van der Waals surface area contributed by atoms with Gasteiger partial charge in [0.05, 0.1) is 10.8 Å². The van der Waals surface area contributed by atoms with Gasteiger partial charge in [0, 0.05) is 22.5 Å². The summed E-state index contributed by atoms with van der Waals surface area (Å²) >= 11 is 8.53. The molecule has 0 heterocycles. The Kier molecular flexibility index (Phi) is 4.23. The molecule has 1 rings (SSSR count). The average molecular weight is 293 g/mol. The molecule has 0 amide bonds. The van der Waals surface area contributed by atoms with E-state index in [2.05, 4.69) is 15.9 Å². The summed E-state index contributed by atoms with van der Waals surface area (Å²) in [5.41, 5.74) is 0.316. The minimum atomic E-state index is -0.511. The standard InChI is InChI=1S/C9H7BrClNO3/c10-7-1-2-9(12(14)15)6(3-7)4-8(13)5-11/h1-3H,4-5H2. The number of nitro groups is 1. The molecule has 0 unspecified atom stereocenters. The summed E-state index contributed by atoms with van der Waals surface area (Å²) < 4.78 is 0.700. The molecular formula is C9H7BrClNO3. The molecule has 0 aliphatic rings. The monoisotopic (exact) mass is 291 g/mol. The highest BCUT2D eigenvalue weighted by molar-refractivity contribution is 9.10. The highest BCUT2D eigenvalue weighted by atomic mass is 79.9. The van der Waals surface area contributed by atoms with Gasteiger partial charge in [-0.25, -0.2) is 0 Å². The Hall–Kier alpha value is -0.940. The molecule has 0 bridgehead atoms. The molecule has 0 aliphatic carbocycles. The van der Waals surface area contributed by atoms with Crippen LogP contribution in [0.25, 0.3) is 0 Å². The molecule has 0 saturated heterocycles. The zero-order valence-electron chi connectivity index (χ0n) is 7.57. The number of hydrogen-bond donors (Lipinski definition) is 0. The van der Waals surface area contributed by atoms with E-state index >= 15 is 0 Å². The zero-order chi connectivity index (χ0) is 11.4. The van der Waals surface area contributed by atoms with Gasteiger partial charge < -0.3 is 0 Å². The van der Waals surface area contributed by atoms with Gasteiger partial charge in [-0.05, 0) is 12.1 Å². The van der Waals surface area contributed by atoms with Crippen molar-refractivity contribution in [2.45, 2.75) is 6.42 Å². The van der Waals surface area contributed by atoms with Crippen LogP contribution >= 0.6 is 27.5 Å². The Morgan fingerprint density at radius 1 is 1.53 bits per heavy atom. The number of benzene rings is 1. The zero-order valence-corrected chi connectivity index (χ0v) is 9.92. The molecule has 1 aromatic carbocycles. The molecule has 0 fully saturated rings. The van der Waals surface area contributed by atoms with Crippen molar-refractivity contribution in [2.24, 2.45) is 0 Å². The van der Waals surface area contributed by atoms with Crippen LogP contribution in [0, 0.1) is 10.1 Å². The van der Waals surface area contributed by atoms with E-state index in [1.54, 1.807) is 12.1 Å². The molecule has 1 aromatic rings. The summed E-state index contributed by atoms with van der Waals surface area (Å²) in [5.74, 6) is -0.373. The van der Waals surface area contributed by atoms with Crippen LogP contribution in [-0.2, 0) is 11.2 Å². The molecule has 4 nitrogen and oxygen atoms in total. The maximum absolute atomic E-state index is 11.1. The van der Waals surface area contributed by atoms with Gasteiger partial charge in [0.2, 0.25) is 0 Å². The summed E-state index contributed by atoms with van der Waals surface area (Å²) in [4.78, 5) is 21.2. The Morgan fingerprint density at radius 3 is 2.73 bits per heavy atom. The second-order valence-electron chi connectivity index (χ2n) is 2.88. The highest BCUT2D eigenvalue weighted by Crippen LogP contribution is 2.23. The number of carbonyl (C=O) groups excluding carboxylic acids is 1. The first-order valence-corrected chi connectivity index (χ1v) is 5.38. The van der Waals surface area contributed by atoms with E-state index in [4.69, 9.17) is 11.6 Å². The summed E-state index contributed by atoms with van der Waals surface area (Å²) in [5, 5.41) is 10.6. The van der Waals surface area contributed by atoms with Gasteiger partial charge in [-0.3, -0.25) is 14.9 Å². The molecule has 0 aromatic heterocycles. The maximum atomic E-state index is 11.1. The van der Waals surface area contributed by atoms with Gasteiger partial charge in [-0.15, -0.1) is 11.6 Å². The van der Waals surface area contributed by atoms with Crippen molar-refractivity contribution in [3.63, 3.8) is 0 Å². The van der Waals surface area contributed by atoms with Crippen LogP contribution in [0.1, 0.15) is 5.56 Å². The van der Waals surface area contributed by atoms with Crippen molar-refractivity contribution in [1.29, 1.82) is 0 Å². The van der Waals surface area contributed by atoms with E-state index in [9.17, 15) is 14.9 Å². The van der Waals surface area contributed by atoms with Crippen molar-refractivity contribution in [3.05, 3.63) is 38.3 Å². The smallest absolute Gasteiger partial charge is 0.273 e. The summed E-state index contributed by atoms with van der Waals surface area (Å²) in [7, 11) is 0. The first-order valence-electron chi connectivity index (χ1n) is 4.05.